The minimum Gasteiger partial charge on any atom is -0.360 e. The first-order valence-electron chi connectivity index (χ1n) is 4.67. The zero-order chi connectivity index (χ0) is 9.97. The molecule has 72 valence electrons. The zero-order valence-electron chi connectivity index (χ0n) is 8.00. The highest BCUT2D eigenvalue weighted by atomic mass is 16.1. The van der Waals surface area contributed by atoms with E-state index in [1.165, 1.54) is 0 Å². The third-order valence-electron chi connectivity index (χ3n) is 2.17. The summed E-state index contributed by atoms with van der Waals surface area (Å²) in [5.41, 5.74) is 1.70. The van der Waals surface area contributed by atoms with E-state index in [2.05, 4.69) is 10.3 Å². The van der Waals surface area contributed by atoms with Crippen LogP contribution in [0.1, 0.15) is 17.3 Å². The van der Waals surface area contributed by atoms with Crippen LogP contribution in [0.4, 0.5) is 0 Å². The molecule has 0 bridgehead atoms. The molecule has 3 nitrogen and oxygen atoms in total. The van der Waals surface area contributed by atoms with Crippen LogP contribution >= 0.6 is 0 Å². The number of para-hydroxylation sites is 1. The summed E-state index contributed by atoms with van der Waals surface area (Å²) in [6, 6.07) is 7.77. The first-order chi connectivity index (χ1) is 6.83. The van der Waals surface area contributed by atoms with Crippen LogP contribution in [0, 0.1) is 0 Å². The lowest BCUT2D eigenvalue weighted by atomic mass is 10.1. The molecule has 0 fully saturated rings. The maximum absolute atomic E-state index is 11.6. The smallest absolute Gasteiger partial charge is 0.253 e. The van der Waals surface area contributed by atoms with Crippen molar-refractivity contribution in [1.29, 1.82) is 0 Å². The van der Waals surface area contributed by atoms with Gasteiger partial charge in [0.1, 0.15) is 0 Å². The van der Waals surface area contributed by atoms with Gasteiger partial charge in [0.05, 0.1) is 5.56 Å². The highest BCUT2D eigenvalue weighted by Crippen LogP contribution is 2.17. The summed E-state index contributed by atoms with van der Waals surface area (Å²) in [6.45, 7) is 2.56. The molecule has 1 amide bonds. The van der Waals surface area contributed by atoms with Crippen LogP contribution in [0.15, 0.2) is 30.5 Å². The average Bonchev–Trinajstić information content (AvgIpc) is 2.61. The molecule has 0 saturated heterocycles. The lowest BCUT2D eigenvalue weighted by Crippen LogP contribution is -2.22. The summed E-state index contributed by atoms with van der Waals surface area (Å²) in [4.78, 5) is 14.7. The Kier molecular flexibility index (Phi) is 2.23. The van der Waals surface area contributed by atoms with Crippen molar-refractivity contribution >= 4 is 16.8 Å². The fourth-order valence-electron chi connectivity index (χ4n) is 1.52. The van der Waals surface area contributed by atoms with Crippen molar-refractivity contribution in [2.75, 3.05) is 6.54 Å². The molecule has 1 aromatic carbocycles. The Morgan fingerprint density at radius 2 is 2.21 bits per heavy atom. The van der Waals surface area contributed by atoms with E-state index >= 15 is 0 Å². The van der Waals surface area contributed by atoms with Gasteiger partial charge in [-0.1, -0.05) is 18.2 Å². The van der Waals surface area contributed by atoms with Gasteiger partial charge in [0.15, 0.2) is 0 Å². The van der Waals surface area contributed by atoms with Crippen LogP contribution in [0.3, 0.4) is 0 Å². The summed E-state index contributed by atoms with van der Waals surface area (Å²) >= 11 is 0. The van der Waals surface area contributed by atoms with Gasteiger partial charge in [-0.2, -0.15) is 0 Å². The summed E-state index contributed by atoms with van der Waals surface area (Å²) in [5, 5.41) is 3.75. The molecule has 1 heterocycles. The van der Waals surface area contributed by atoms with Gasteiger partial charge in [-0.25, -0.2) is 0 Å². The van der Waals surface area contributed by atoms with Crippen molar-refractivity contribution in [3.63, 3.8) is 0 Å². The van der Waals surface area contributed by atoms with Gasteiger partial charge in [0, 0.05) is 23.6 Å². The van der Waals surface area contributed by atoms with Gasteiger partial charge in [-0.3, -0.25) is 4.79 Å². The summed E-state index contributed by atoms with van der Waals surface area (Å²) < 4.78 is 0. The lowest BCUT2D eigenvalue weighted by molar-refractivity contribution is 0.0957. The normalized spacial score (nSPS) is 10.4. The second-order valence-electron chi connectivity index (χ2n) is 3.11. The molecule has 0 unspecified atom stereocenters. The average molecular weight is 188 g/mol. The molecule has 0 spiro atoms. The number of hydrogen-bond acceptors (Lipinski definition) is 1. The van der Waals surface area contributed by atoms with Crippen molar-refractivity contribution in [3.05, 3.63) is 36.0 Å². The molecule has 0 aliphatic carbocycles. The molecule has 1 aromatic heterocycles. The SMILES string of the molecule is CCNC(=O)c1c[nH]c2ccccc12. The van der Waals surface area contributed by atoms with E-state index in [1.54, 1.807) is 6.20 Å². The first-order valence-corrected chi connectivity index (χ1v) is 4.67. The molecule has 2 rings (SSSR count). The number of carbonyl (C=O) groups is 1. The number of rotatable bonds is 2. The second-order valence-corrected chi connectivity index (χ2v) is 3.11. The second kappa shape index (κ2) is 3.54. The molecular weight excluding hydrogens is 176 g/mol. The minimum absolute atomic E-state index is 0.0232. The van der Waals surface area contributed by atoms with Crippen LogP contribution in [0.5, 0.6) is 0 Å². The van der Waals surface area contributed by atoms with Gasteiger partial charge >= 0.3 is 0 Å². The Morgan fingerprint density at radius 3 is 3.00 bits per heavy atom. The van der Waals surface area contributed by atoms with Crippen LogP contribution in [-0.4, -0.2) is 17.4 Å². The molecule has 0 aliphatic heterocycles. The molecule has 2 N–H and O–H groups in total. The predicted molar refractivity (Wildman–Crippen MR) is 56.3 cm³/mol. The van der Waals surface area contributed by atoms with Crippen molar-refractivity contribution in [2.45, 2.75) is 6.92 Å². The minimum atomic E-state index is -0.0232. The molecule has 0 atom stereocenters. The standard InChI is InChI=1S/C11H12N2O/c1-2-12-11(14)9-7-13-10-6-4-3-5-8(9)10/h3-7,13H,2H2,1H3,(H,12,14). The van der Waals surface area contributed by atoms with E-state index in [0.29, 0.717) is 12.1 Å². The summed E-state index contributed by atoms with van der Waals surface area (Å²) in [5.74, 6) is -0.0232. The van der Waals surface area contributed by atoms with Crippen LogP contribution in [-0.2, 0) is 0 Å². The third-order valence-corrected chi connectivity index (χ3v) is 2.17. The quantitative estimate of drug-likeness (QED) is 0.743. The number of aromatic nitrogens is 1. The maximum Gasteiger partial charge on any atom is 0.253 e. The van der Waals surface area contributed by atoms with E-state index in [9.17, 15) is 4.79 Å². The number of aromatic amines is 1. The van der Waals surface area contributed by atoms with Crippen LogP contribution in [0.25, 0.3) is 10.9 Å². The summed E-state index contributed by atoms with van der Waals surface area (Å²) in [6.07, 6.45) is 1.75. The number of fused-ring (bicyclic) bond motifs is 1. The monoisotopic (exact) mass is 188 g/mol. The van der Waals surface area contributed by atoms with E-state index in [0.717, 1.165) is 10.9 Å². The number of H-pyrrole nitrogens is 1. The van der Waals surface area contributed by atoms with Gasteiger partial charge in [-0.05, 0) is 13.0 Å². The number of benzene rings is 1. The van der Waals surface area contributed by atoms with E-state index in [4.69, 9.17) is 0 Å². The van der Waals surface area contributed by atoms with Gasteiger partial charge in [-0.15, -0.1) is 0 Å². The maximum atomic E-state index is 11.6. The summed E-state index contributed by atoms with van der Waals surface area (Å²) in [7, 11) is 0. The van der Waals surface area contributed by atoms with Crippen LogP contribution in [0.2, 0.25) is 0 Å². The topological polar surface area (TPSA) is 44.9 Å². The molecule has 2 aromatic rings. The Balaban J connectivity index is 2.47. The molecule has 3 heteroatoms. The number of amides is 1. The predicted octanol–water partition coefficient (Wildman–Crippen LogP) is 1.92. The van der Waals surface area contributed by atoms with Crippen molar-refractivity contribution in [3.8, 4) is 0 Å². The largest absolute Gasteiger partial charge is 0.360 e. The molecule has 0 radical (unpaired) electrons. The molecule has 0 saturated carbocycles. The Hall–Kier alpha value is -1.77. The fraction of sp³-hybridized carbons (Fsp3) is 0.182. The highest BCUT2D eigenvalue weighted by Gasteiger charge is 2.09. The molecule has 14 heavy (non-hydrogen) atoms. The lowest BCUT2D eigenvalue weighted by Gasteiger charge is -1.99. The van der Waals surface area contributed by atoms with Crippen molar-refractivity contribution in [2.24, 2.45) is 0 Å². The Bertz CT molecular complexity index is 459. The fourth-order valence-corrected chi connectivity index (χ4v) is 1.52. The van der Waals surface area contributed by atoms with Gasteiger partial charge in [0.2, 0.25) is 0 Å². The third kappa shape index (κ3) is 1.37. The Labute approximate surface area is 82.1 Å². The van der Waals surface area contributed by atoms with E-state index in [-0.39, 0.29) is 5.91 Å². The van der Waals surface area contributed by atoms with Crippen molar-refractivity contribution in [1.82, 2.24) is 10.3 Å². The van der Waals surface area contributed by atoms with E-state index in [1.807, 2.05) is 31.2 Å². The van der Waals surface area contributed by atoms with E-state index < -0.39 is 0 Å². The van der Waals surface area contributed by atoms with Crippen molar-refractivity contribution < 1.29 is 4.79 Å². The number of nitrogens with one attached hydrogen (secondary N) is 2. The van der Waals surface area contributed by atoms with Crippen LogP contribution < -0.4 is 5.32 Å². The van der Waals surface area contributed by atoms with Gasteiger partial charge < -0.3 is 10.3 Å². The zero-order valence-corrected chi connectivity index (χ0v) is 8.00. The highest BCUT2D eigenvalue weighted by molar-refractivity contribution is 6.06. The van der Waals surface area contributed by atoms with Gasteiger partial charge in [0.25, 0.3) is 5.91 Å². The molecular formula is C11H12N2O. The Morgan fingerprint density at radius 1 is 1.43 bits per heavy atom. The first kappa shape index (κ1) is 8.81. The number of hydrogen-bond donors (Lipinski definition) is 2. The molecule has 0 aliphatic rings. The number of carbonyl (C=O) groups excluding carboxylic acids is 1.